The van der Waals surface area contributed by atoms with Gasteiger partial charge in [0.25, 0.3) is 0 Å². The maximum absolute atomic E-state index is 10.0. The molecule has 3 nitrogen and oxygen atoms in total. The Labute approximate surface area is 112 Å². The Morgan fingerprint density at radius 2 is 2.00 bits per heavy atom. The van der Waals surface area contributed by atoms with E-state index in [4.69, 9.17) is 4.74 Å². The molecule has 0 aromatic rings. The summed E-state index contributed by atoms with van der Waals surface area (Å²) in [6, 6.07) is 0.591. The third kappa shape index (κ3) is 3.46. The zero-order chi connectivity index (χ0) is 13.2. The van der Waals surface area contributed by atoms with Gasteiger partial charge in [0.2, 0.25) is 0 Å². The van der Waals surface area contributed by atoms with Crippen LogP contribution in [0.1, 0.15) is 59.3 Å². The van der Waals surface area contributed by atoms with Gasteiger partial charge >= 0.3 is 0 Å². The molecule has 0 aromatic carbocycles. The number of hydrogen-bond donors (Lipinski definition) is 1. The number of aliphatic hydroxyl groups is 1. The van der Waals surface area contributed by atoms with Crippen LogP contribution in [0.2, 0.25) is 0 Å². The minimum absolute atomic E-state index is 0.177. The smallest absolute Gasteiger partial charge is 0.0718 e. The van der Waals surface area contributed by atoms with E-state index in [2.05, 4.69) is 11.8 Å². The van der Waals surface area contributed by atoms with E-state index in [1.165, 1.54) is 25.7 Å². The summed E-state index contributed by atoms with van der Waals surface area (Å²) in [5.41, 5.74) is -0.424. The van der Waals surface area contributed by atoms with E-state index < -0.39 is 5.60 Å². The van der Waals surface area contributed by atoms with Crippen molar-refractivity contribution in [3.63, 3.8) is 0 Å². The van der Waals surface area contributed by atoms with Crippen LogP contribution in [-0.4, -0.2) is 46.9 Å². The van der Waals surface area contributed by atoms with E-state index in [9.17, 15) is 5.11 Å². The predicted octanol–water partition coefficient (Wildman–Crippen LogP) is 2.57. The quantitative estimate of drug-likeness (QED) is 0.838. The highest BCUT2D eigenvalue weighted by molar-refractivity contribution is 4.94. The van der Waals surface area contributed by atoms with Gasteiger partial charge in [-0.2, -0.15) is 0 Å². The van der Waals surface area contributed by atoms with Crippen LogP contribution in [0, 0.1) is 0 Å². The molecule has 0 radical (unpaired) electrons. The van der Waals surface area contributed by atoms with Crippen molar-refractivity contribution in [1.29, 1.82) is 0 Å². The van der Waals surface area contributed by atoms with Crippen LogP contribution in [-0.2, 0) is 4.74 Å². The Bertz CT molecular complexity index is 266. The first-order valence-corrected chi connectivity index (χ1v) is 7.54. The summed E-state index contributed by atoms with van der Waals surface area (Å²) in [6.45, 7) is 8.69. The first kappa shape index (κ1) is 14.3. The predicted molar refractivity (Wildman–Crippen MR) is 73.7 cm³/mol. The highest BCUT2D eigenvalue weighted by atomic mass is 16.5. The van der Waals surface area contributed by atoms with Crippen LogP contribution < -0.4 is 0 Å². The summed E-state index contributed by atoms with van der Waals surface area (Å²) >= 11 is 0. The third-order valence-corrected chi connectivity index (χ3v) is 4.49. The van der Waals surface area contributed by atoms with Gasteiger partial charge in [-0.15, -0.1) is 0 Å². The van der Waals surface area contributed by atoms with Crippen LogP contribution >= 0.6 is 0 Å². The number of hydrogen-bond acceptors (Lipinski definition) is 3. The molecule has 1 unspecified atom stereocenters. The summed E-state index contributed by atoms with van der Waals surface area (Å²) in [5.74, 6) is 0. The van der Waals surface area contributed by atoms with E-state index in [1.54, 1.807) is 0 Å². The molecular formula is C15H29NO2. The lowest BCUT2D eigenvalue weighted by atomic mass is 9.87. The summed E-state index contributed by atoms with van der Waals surface area (Å²) in [7, 11) is 0. The Kier molecular flexibility index (Phi) is 4.35. The Morgan fingerprint density at radius 1 is 1.33 bits per heavy atom. The Balaban J connectivity index is 1.98. The van der Waals surface area contributed by atoms with Gasteiger partial charge in [0.1, 0.15) is 0 Å². The van der Waals surface area contributed by atoms with Crippen molar-refractivity contribution >= 4 is 0 Å². The molecule has 2 fully saturated rings. The fourth-order valence-electron chi connectivity index (χ4n) is 3.68. The maximum atomic E-state index is 10.0. The van der Waals surface area contributed by atoms with E-state index in [0.29, 0.717) is 6.04 Å². The highest BCUT2D eigenvalue weighted by Gasteiger charge is 2.41. The average molecular weight is 255 g/mol. The maximum Gasteiger partial charge on any atom is 0.0718 e. The lowest BCUT2D eigenvalue weighted by molar-refractivity contribution is -0.108. The average Bonchev–Trinajstić information content (AvgIpc) is 2.73. The molecule has 1 spiro atoms. The van der Waals surface area contributed by atoms with Crippen molar-refractivity contribution in [2.75, 3.05) is 19.7 Å². The molecule has 1 heterocycles. The molecule has 1 N–H and O–H groups in total. The van der Waals surface area contributed by atoms with E-state index in [-0.39, 0.29) is 5.60 Å². The summed E-state index contributed by atoms with van der Waals surface area (Å²) < 4.78 is 6.09. The molecule has 0 bridgehead atoms. The van der Waals surface area contributed by atoms with Gasteiger partial charge in [-0.3, -0.25) is 4.90 Å². The second kappa shape index (κ2) is 5.48. The van der Waals surface area contributed by atoms with E-state index in [0.717, 1.165) is 32.5 Å². The zero-order valence-corrected chi connectivity index (χ0v) is 12.2. The molecule has 2 aliphatic rings. The molecule has 0 amide bonds. The SMILES string of the molecule is CCN(CC(C)(C)O)C1CCOC2(CCCC2)C1. The molecule has 1 aliphatic heterocycles. The van der Waals surface area contributed by atoms with Crippen molar-refractivity contribution in [3.05, 3.63) is 0 Å². The normalized spacial score (nSPS) is 28.2. The second-order valence-electron chi connectivity index (χ2n) is 6.76. The molecule has 1 saturated heterocycles. The fourth-order valence-corrected chi connectivity index (χ4v) is 3.68. The van der Waals surface area contributed by atoms with Gasteiger partial charge in [0, 0.05) is 19.2 Å². The Hall–Kier alpha value is -0.120. The summed E-state index contributed by atoms with van der Waals surface area (Å²) in [4.78, 5) is 2.45. The van der Waals surface area contributed by atoms with Gasteiger partial charge in [0.05, 0.1) is 11.2 Å². The molecule has 106 valence electrons. The molecular weight excluding hydrogens is 226 g/mol. The van der Waals surface area contributed by atoms with E-state index >= 15 is 0 Å². The van der Waals surface area contributed by atoms with Crippen molar-refractivity contribution in [1.82, 2.24) is 4.90 Å². The second-order valence-corrected chi connectivity index (χ2v) is 6.76. The number of rotatable bonds is 4. The molecule has 1 atom stereocenters. The van der Waals surface area contributed by atoms with Gasteiger partial charge in [-0.1, -0.05) is 19.8 Å². The monoisotopic (exact) mass is 255 g/mol. The van der Waals surface area contributed by atoms with Crippen LogP contribution in [0.4, 0.5) is 0 Å². The standard InChI is InChI=1S/C15H29NO2/c1-4-16(12-14(2,3)17)13-7-10-18-15(11-13)8-5-6-9-15/h13,17H,4-12H2,1-3H3. The number of likely N-dealkylation sites (N-methyl/N-ethyl adjacent to an activating group) is 1. The Morgan fingerprint density at radius 3 is 2.56 bits per heavy atom. The van der Waals surface area contributed by atoms with Crippen LogP contribution in [0.25, 0.3) is 0 Å². The molecule has 1 aliphatic carbocycles. The molecule has 3 heteroatoms. The van der Waals surface area contributed by atoms with Crippen LogP contribution in [0.15, 0.2) is 0 Å². The van der Waals surface area contributed by atoms with Crippen molar-refractivity contribution < 1.29 is 9.84 Å². The van der Waals surface area contributed by atoms with Crippen molar-refractivity contribution in [2.45, 2.75) is 76.5 Å². The minimum Gasteiger partial charge on any atom is -0.389 e. The molecule has 1 saturated carbocycles. The van der Waals surface area contributed by atoms with Gasteiger partial charge in [-0.25, -0.2) is 0 Å². The lowest BCUT2D eigenvalue weighted by Gasteiger charge is -2.44. The van der Waals surface area contributed by atoms with Crippen LogP contribution in [0.3, 0.4) is 0 Å². The first-order valence-electron chi connectivity index (χ1n) is 7.54. The van der Waals surface area contributed by atoms with Crippen LogP contribution in [0.5, 0.6) is 0 Å². The zero-order valence-electron chi connectivity index (χ0n) is 12.2. The highest BCUT2D eigenvalue weighted by Crippen LogP contribution is 2.41. The van der Waals surface area contributed by atoms with Crippen molar-refractivity contribution in [2.24, 2.45) is 0 Å². The van der Waals surface area contributed by atoms with Crippen molar-refractivity contribution in [3.8, 4) is 0 Å². The number of ether oxygens (including phenoxy) is 1. The molecule has 2 rings (SSSR count). The minimum atomic E-state index is -0.600. The van der Waals surface area contributed by atoms with Gasteiger partial charge in [0.15, 0.2) is 0 Å². The van der Waals surface area contributed by atoms with E-state index in [1.807, 2.05) is 13.8 Å². The van der Waals surface area contributed by atoms with Gasteiger partial charge < -0.3 is 9.84 Å². The topological polar surface area (TPSA) is 32.7 Å². The first-order chi connectivity index (χ1) is 8.44. The summed E-state index contributed by atoms with van der Waals surface area (Å²) in [5, 5.41) is 10.0. The molecule has 0 aromatic heterocycles. The largest absolute Gasteiger partial charge is 0.389 e. The number of nitrogens with zero attached hydrogens (tertiary/aromatic N) is 1. The third-order valence-electron chi connectivity index (χ3n) is 4.49. The van der Waals surface area contributed by atoms with Gasteiger partial charge in [-0.05, 0) is 46.1 Å². The lowest BCUT2D eigenvalue weighted by Crippen LogP contribution is -2.51. The summed E-state index contributed by atoms with van der Waals surface area (Å²) in [6.07, 6.45) is 7.41. The molecule has 18 heavy (non-hydrogen) atoms. The fraction of sp³-hybridized carbons (Fsp3) is 1.00.